The van der Waals surface area contributed by atoms with Crippen LogP contribution in [-0.4, -0.2) is 56.0 Å². The fraction of sp³-hybridized carbons (Fsp3) is 0.208. The third-order valence-corrected chi connectivity index (χ3v) is 6.87. The van der Waals surface area contributed by atoms with Crippen molar-refractivity contribution >= 4 is 50.2 Å². The van der Waals surface area contributed by atoms with Crippen molar-refractivity contribution in [2.45, 2.75) is 23.9 Å². The summed E-state index contributed by atoms with van der Waals surface area (Å²) in [5.41, 5.74) is 0.595. The number of carboxylic acids is 1. The number of benzene rings is 3. The van der Waals surface area contributed by atoms with Gasteiger partial charge in [-0.15, -0.1) is 0 Å². The Bertz CT molecular complexity index is 1340. The van der Waals surface area contributed by atoms with Gasteiger partial charge >= 0.3 is 11.9 Å². The van der Waals surface area contributed by atoms with E-state index in [9.17, 15) is 27.9 Å². The highest BCUT2D eigenvalue weighted by atomic mass is 35.5. The molecule has 0 aromatic heterocycles. The van der Waals surface area contributed by atoms with Crippen LogP contribution in [0.2, 0.25) is 5.02 Å². The smallest absolute Gasteiger partial charge is 0.325 e. The van der Waals surface area contributed by atoms with E-state index < -0.39 is 46.9 Å². The second-order valence-electron chi connectivity index (χ2n) is 7.68. The van der Waals surface area contributed by atoms with E-state index in [0.29, 0.717) is 16.0 Å². The molecule has 0 aliphatic heterocycles. The second kappa shape index (κ2) is 11.3. The number of hydrogen-bond acceptors (Lipinski definition) is 6. The number of rotatable bonds is 10. The van der Waals surface area contributed by atoms with Crippen molar-refractivity contribution in [2.24, 2.45) is 0 Å². The molecular weight excluding hydrogens is 496 g/mol. The lowest BCUT2D eigenvalue weighted by Gasteiger charge is -2.26. The van der Waals surface area contributed by atoms with E-state index in [1.807, 2.05) is 12.1 Å². The zero-order valence-electron chi connectivity index (χ0n) is 18.7. The molecule has 1 unspecified atom stereocenters. The number of sulfonamides is 1. The van der Waals surface area contributed by atoms with Crippen molar-refractivity contribution < 1.29 is 32.6 Å². The van der Waals surface area contributed by atoms with Gasteiger partial charge in [-0.2, -0.15) is 4.72 Å². The van der Waals surface area contributed by atoms with Gasteiger partial charge in [-0.1, -0.05) is 54.1 Å². The summed E-state index contributed by atoms with van der Waals surface area (Å²) in [4.78, 5) is 37.7. The van der Waals surface area contributed by atoms with E-state index in [0.717, 1.165) is 17.4 Å². The lowest BCUT2D eigenvalue weighted by molar-refractivity contribution is -0.149. The first-order valence-electron chi connectivity index (χ1n) is 10.4. The average Bonchev–Trinajstić information content (AvgIpc) is 2.83. The van der Waals surface area contributed by atoms with Gasteiger partial charge in [0.15, 0.2) is 0 Å². The molecule has 0 spiro atoms. The first-order valence-corrected chi connectivity index (χ1v) is 12.3. The van der Waals surface area contributed by atoms with Crippen molar-refractivity contribution in [3.8, 4) is 0 Å². The molecule has 0 aliphatic rings. The van der Waals surface area contributed by atoms with Gasteiger partial charge in [0.2, 0.25) is 15.9 Å². The van der Waals surface area contributed by atoms with Gasteiger partial charge in [-0.3, -0.25) is 14.4 Å². The molecule has 0 fully saturated rings. The Hall–Kier alpha value is -3.47. The number of methoxy groups -OCH3 is 1. The Labute approximate surface area is 207 Å². The largest absolute Gasteiger partial charge is 0.481 e. The van der Waals surface area contributed by atoms with Crippen LogP contribution in [-0.2, 0) is 35.7 Å². The van der Waals surface area contributed by atoms with Crippen LogP contribution < -0.4 is 4.72 Å². The molecule has 3 aromatic carbocycles. The second-order valence-corrected chi connectivity index (χ2v) is 9.83. The Morgan fingerprint density at radius 3 is 2.31 bits per heavy atom. The SMILES string of the molecule is COC(=O)CN(Cc1ccc(Cl)cc1)C(=O)C(CC(=O)O)NS(=O)(=O)c1ccc2ccccc2c1. The predicted octanol–water partition coefficient (Wildman–Crippen LogP) is 2.82. The molecular formula is C24H23ClN2O7S. The average molecular weight is 519 g/mol. The number of nitrogens with zero attached hydrogens (tertiary/aromatic N) is 1. The number of halogens is 1. The molecule has 0 saturated heterocycles. The monoisotopic (exact) mass is 518 g/mol. The number of carboxylic acid groups (broad SMARTS) is 1. The van der Waals surface area contributed by atoms with E-state index in [2.05, 4.69) is 9.46 Å². The van der Waals surface area contributed by atoms with Crippen LogP contribution in [0.25, 0.3) is 10.8 Å². The molecule has 0 saturated carbocycles. The summed E-state index contributed by atoms with van der Waals surface area (Å²) in [6, 6.07) is 16.3. The molecule has 0 aliphatic carbocycles. The number of hydrogen-bond donors (Lipinski definition) is 2. The summed E-state index contributed by atoms with van der Waals surface area (Å²) in [6.07, 6.45) is -0.829. The minimum absolute atomic E-state index is 0.0983. The molecule has 3 aromatic rings. The van der Waals surface area contributed by atoms with Crippen molar-refractivity contribution in [2.75, 3.05) is 13.7 Å². The molecule has 2 N–H and O–H groups in total. The lowest BCUT2D eigenvalue weighted by atomic mass is 10.1. The number of esters is 1. The Kier molecular flexibility index (Phi) is 8.44. The molecule has 1 amide bonds. The highest BCUT2D eigenvalue weighted by molar-refractivity contribution is 7.89. The third-order valence-electron chi connectivity index (χ3n) is 5.15. The van der Waals surface area contributed by atoms with Crippen molar-refractivity contribution in [3.63, 3.8) is 0 Å². The first kappa shape index (κ1) is 26.1. The normalized spacial score (nSPS) is 12.2. The molecule has 11 heteroatoms. The van der Waals surface area contributed by atoms with Crippen LogP contribution in [0.5, 0.6) is 0 Å². The molecule has 0 bridgehead atoms. The third kappa shape index (κ3) is 7.01. The van der Waals surface area contributed by atoms with E-state index in [1.165, 1.54) is 12.1 Å². The van der Waals surface area contributed by atoms with Crippen molar-refractivity contribution in [3.05, 3.63) is 77.3 Å². The zero-order chi connectivity index (χ0) is 25.6. The minimum Gasteiger partial charge on any atom is -0.481 e. The van der Waals surface area contributed by atoms with Gasteiger partial charge in [0.1, 0.15) is 12.6 Å². The number of carbonyl (C=O) groups is 3. The highest BCUT2D eigenvalue weighted by Gasteiger charge is 2.32. The number of fused-ring (bicyclic) bond motifs is 1. The Morgan fingerprint density at radius 1 is 1.03 bits per heavy atom. The van der Waals surface area contributed by atoms with Crippen molar-refractivity contribution in [1.29, 1.82) is 0 Å². The lowest BCUT2D eigenvalue weighted by Crippen LogP contribution is -2.50. The van der Waals surface area contributed by atoms with Crippen LogP contribution in [0.1, 0.15) is 12.0 Å². The molecule has 3 rings (SSSR count). The van der Waals surface area contributed by atoms with E-state index in [-0.39, 0.29) is 11.4 Å². The van der Waals surface area contributed by atoms with E-state index in [4.69, 9.17) is 11.6 Å². The van der Waals surface area contributed by atoms with Gasteiger partial charge in [0, 0.05) is 11.6 Å². The molecule has 9 nitrogen and oxygen atoms in total. The quantitative estimate of drug-likeness (QED) is 0.395. The number of carbonyl (C=O) groups excluding carboxylic acids is 2. The topological polar surface area (TPSA) is 130 Å². The maximum Gasteiger partial charge on any atom is 0.325 e. The summed E-state index contributed by atoms with van der Waals surface area (Å²) in [6.45, 7) is -0.606. The van der Waals surface area contributed by atoms with Gasteiger partial charge < -0.3 is 14.7 Å². The maximum absolute atomic E-state index is 13.3. The van der Waals surface area contributed by atoms with Gasteiger partial charge in [-0.25, -0.2) is 8.42 Å². The summed E-state index contributed by atoms with van der Waals surface area (Å²) >= 11 is 5.90. The van der Waals surface area contributed by atoms with Crippen LogP contribution in [0.15, 0.2) is 71.6 Å². The van der Waals surface area contributed by atoms with E-state index >= 15 is 0 Å². The Balaban J connectivity index is 1.91. The zero-order valence-corrected chi connectivity index (χ0v) is 20.3. The maximum atomic E-state index is 13.3. The van der Waals surface area contributed by atoms with Gasteiger partial charge in [0.05, 0.1) is 18.4 Å². The summed E-state index contributed by atoms with van der Waals surface area (Å²) in [5, 5.41) is 11.3. The fourth-order valence-electron chi connectivity index (χ4n) is 3.41. The van der Waals surface area contributed by atoms with Crippen LogP contribution in [0, 0.1) is 0 Å². The van der Waals surface area contributed by atoms with Gasteiger partial charge in [-0.05, 0) is 40.6 Å². The van der Waals surface area contributed by atoms with Crippen molar-refractivity contribution in [1.82, 2.24) is 9.62 Å². The van der Waals surface area contributed by atoms with Crippen LogP contribution in [0.3, 0.4) is 0 Å². The first-order chi connectivity index (χ1) is 16.6. The molecule has 184 valence electrons. The molecule has 35 heavy (non-hydrogen) atoms. The number of nitrogens with one attached hydrogen (secondary N) is 1. The van der Waals surface area contributed by atoms with Crippen LogP contribution in [0.4, 0.5) is 0 Å². The number of ether oxygens (including phenoxy) is 1. The molecule has 0 heterocycles. The summed E-state index contributed by atoms with van der Waals surface area (Å²) < 4.78 is 33.0. The van der Waals surface area contributed by atoms with E-state index in [1.54, 1.807) is 42.5 Å². The highest BCUT2D eigenvalue weighted by Crippen LogP contribution is 2.20. The standard InChI is InChI=1S/C24H23ClN2O7S/c1-34-23(30)15-27(14-16-6-9-19(25)10-7-16)24(31)21(13-22(28)29)26-35(32,33)20-11-8-17-4-2-3-5-18(17)12-20/h2-12,21,26H,13-15H2,1H3,(H,28,29). The number of amides is 1. The summed E-state index contributed by atoms with van der Waals surface area (Å²) in [7, 11) is -3.14. The summed E-state index contributed by atoms with van der Waals surface area (Å²) in [5.74, 6) is -3.04. The fourth-order valence-corrected chi connectivity index (χ4v) is 4.76. The van der Waals surface area contributed by atoms with Crippen LogP contribution >= 0.6 is 11.6 Å². The minimum atomic E-state index is -4.28. The molecule has 0 radical (unpaired) electrons. The Morgan fingerprint density at radius 2 is 1.69 bits per heavy atom. The molecule has 1 atom stereocenters. The number of aliphatic carboxylic acids is 1. The predicted molar refractivity (Wildman–Crippen MR) is 129 cm³/mol. The van der Waals surface area contributed by atoms with Gasteiger partial charge in [0.25, 0.3) is 0 Å².